The number of benzene rings is 1. The van der Waals surface area contributed by atoms with E-state index in [1.54, 1.807) is 7.11 Å². The van der Waals surface area contributed by atoms with Gasteiger partial charge in [0.25, 0.3) is 0 Å². The summed E-state index contributed by atoms with van der Waals surface area (Å²) in [5, 5.41) is 12.1. The van der Waals surface area contributed by atoms with Crippen molar-refractivity contribution in [2.24, 2.45) is 0 Å². The Morgan fingerprint density at radius 3 is 2.44 bits per heavy atom. The van der Waals surface area contributed by atoms with Crippen molar-refractivity contribution >= 4 is 0 Å². The van der Waals surface area contributed by atoms with Crippen molar-refractivity contribution in [1.82, 2.24) is 5.32 Å². The lowest BCUT2D eigenvalue weighted by atomic mass is 10.1. The van der Waals surface area contributed by atoms with E-state index < -0.39 is 0 Å². The molecular weight excluding hydrogens is 200 g/mol. The minimum absolute atomic E-state index is 0.262. The van der Waals surface area contributed by atoms with Crippen LogP contribution in [-0.4, -0.2) is 19.8 Å². The van der Waals surface area contributed by atoms with Crippen LogP contribution in [0.1, 0.15) is 31.0 Å². The lowest BCUT2D eigenvalue weighted by molar-refractivity contribution is 0.168. The fourth-order valence-electron chi connectivity index (χ4n) is 1.67. The molecule has 0 fully saturated rings. The molecule has 0 aliphatic carbocycles. The zero-order valence-electron chi connectivity index (χ0n) is 10.0. The third-order valence-corrected chi connectivity index (χ3v) is 2.49. The number of hydrogen-bond acceptors (Lipinski definition) is 3. The fraction of sp³-hybridized carbons (Fsp3) is 0.462. The summed E-state index contributed by atoms with van der Waals surface area (Å²) in [6, 6.07) is 10.3. The van der Waals surface area contributed by atoms with Gasteiger partial charge in [-0.3, -0.25) is 0 Å². The van der Waals surface area contributed by atoms with E-state index in [2.05, 4.69) is 25.2 Å². The van der Waals surface area contributed by atoms with E-state index in [9.17, 15) is 0 Å². The minimum atomic E-state index is 0.262. The molecule has 1 rings (SSSR count). The highest BCUT2D eigenvalue weighted by Crippen LogP contribution is 2.13. The first-order valence-electron chi connectivity index (χ1n) is 5.42. The zero-order chi connectivity index (χ0) is 12.0. The second-order valence-corrected chi connectivity index (χ2v) is 3.98. The number of rotatable bonds is 5. The van der Waals surface area contributed by atoms with Crippen LogP contribution in [0, 0.1) is 11.3 Å². The average molecular weight is 218 g/mol. The molecule has 0 aliphatic heterocycles. The van der Waals surface area contributed by atoms with Gasteiger partial charge < -0.3 is 10.1 Å². The van der Waals surface area contributed by atoms with Gasteiger partial charge in [0.15, 0.2) is 0 Å². The van der Waals surface area contributed by atoms with E-state index in [-0.39, 0.29) is 6.04 Å². The number of nitriles is 1. The van der Waals surface area contributed by atoms with Gasteiger partial charge in [-0.05, 0) is 31.5 Å². The van der Waals surface area contributed by atoms with Crippen molar-refractivity contribution < 1.29 is 4.74 Å². The number of nitrogens with zero attached hydrogens (tertiary/aromatic N) is 1. The molecule has 86 valence electrons. The van der Waals surface area contributed by atoms with Gasteiger partial charge in [-0.25, -0.2) is 0 Å². The monoisotopic (exact) mass is 218 g/mol. The van der Waals surface area contributed by atoms with E-state index >= 15 is 0 Å². The van der Waals surface area contributed by atoms with Gasteiger partial charge in [0.1, 0.15) is 0 Å². The van der Waals surface area contributed by atoms with Gasteiger partial charge in [0, 0.05) is 19.2 Å². The molecule has 3 nitrogen and oxygen atoms in total. The first kappa shape index (κ1) is 12.7. The second-order valence-electron chi connectivity index (χ2n) is 3.98. The molecule has 2 atom stereocenters. The maximum Gasteiger partial charge on any atom is 0.0991 e. The third-order valence-electron chi connectivity index (χ3n) is 2.49. The fourth-order valence-corrected chi connectivity index (χ4v) is 1.67. The molecule has 16 heavy (non-hydrogen) atoms. The summed E-state index contributed by atoms with van der Waals surface area (Å²) in [4.78, 5) is 0. The Morgan fingerprint density at radius 2 is 1.94 bits per heavy atom. The number of ether oxygens (including phenoxy) is 1. The van der Waals surface area contributed by atoms with E-state index in [1.165, 1.54) is 5.56 Å². The van der Waals surface area contributed by atoms with Crippen molar-refractivity contribution in [1.29, 1.82) is 5.26 Å². The lowest BCUT2D eigenvalue weighted by Crippen LogP contribution is -2.32. The van der Waals surface area contributed by atoms with E-state index in [4.69, 9.17) is 10.00 Å². The van der Waals surface area contributed by atoms with Crippen LogP contribution in [0.3, 0.4) is 0 Å². The molecule has 0 spiro atoms. The van der Waals surface area contributed by atoms with Crippen LogP contribution in [0.4, 0.5) is 0 Å². The maximum absolute atomic E-state index is 8.70. The summed E-state index contributed by atoms with van der Waals surface area (Å²) in [6.45, 7) is 4.89. The van der Waals surface area contributed by atoms with Crippen molar-refractivity contribution in [2.75, 3.05) is 13.7 Å². The Morgan fingerprint density at radius 1 is 1.31 bits per heavy atom. The molecule has 2 unspecified atom stereocenters. The largest absolute Gasteiger partial charge is 0.383 e. The zero-order valence-corrected chi connectivity index (χ0v) is 10.0. The van der Waals surface area contributed by atoms with Gasteiger partial charge in [-0.2, -0.15) is 5.26 Å². The summed E-state index contributed by atoms with van der Waals surface area (Å²) in [5.74, 6) is 0. The standard InChI is InChI=1S/C13H18N2O/c1-10(9-16-3)15-11(2)13-6-4-12(8-14)5-7-13/h4-7,10-11,15H,9H2,1-3H3. The van der Waals surface area contributed by atoms with Crippen LogP contribution in [0.2, 0.25) is 0 Å². The second kappa shape index (κ2) is 6.26. The maximum atomic E-state index is 8.70. The Kier molecular flexibility index (Phi) is 4.97. The molecule has 0 aromatic heterocycles. The highest BCUT2D eigenvalue weighted by molar-refractivity contribution is 5.32. The Labute approximate surface area is 97.0 Å². The molecule has 1 aromatic carbocycles. The van der Waals surface area contributed by atoms with Crippen LogP contribution in [0.15, 0.2) is 24.3 Å². The average Bonchev–Trinajstić information content (AvgIpc) is 2.29. The van der Waals surface area contributed by atoms with E-state index in [0.29, 0.717) is 18.2 Å². The third kappa shape index (κ3) is 3.65. The van der Waals surface area contributed by atoms with Gasteiger partial charge >= 0.3 is 0 Å². The number of methoxy groups -OCH3 is 1. The quantitative estimate of drug-likeness (QED) is 0.824. The van der Waals surface area contributed by atoms with Crippen LogP contribution >= 0.6 is 0 Å². The summed E-state index contributed by atoms with van der Waals surface area (Å²) in [5.41, 5.74) is 1.88. The Balaban J connectivity index is 2.59. The first-order chi connectivity index (χ1) is 7.67. The molecule has 3 heteroatoms. The van der Waals surface area contributed by atoms with E-state index in [1.807, 2.05) is 24.3 Å². The van der Waals surface area contributed by atoms with E-state index in [0.717, 1.165) is 0 Å². The van der Waals surface area contributed by atoms with Crippen molar-refractivity contribution in [3.63, 3.8) is 0 Å². The predicted octanol–water partition coefficient (Wildman–Crippen LogP) is 2.24. The highest BCUT2D eigenvalue weighted by atomic mass is 16.5. The number of hydrogen-bond donors (Lipinski definition) is 1. The summed E-state index contributed by atoms with van der Waals surface area (Å²) in [6.07, 6.45) is 0. The summed E-state index contributed by atoms with van der Waals surface area (Å²) >= 11 is 0. The first-order valence-corrected chi connectivity index (χ1v) is 5.42. The van der Waals surface area contributed by atoms with Crippen LogP contribution in [-0.2, 0) is 4.74 Å². The molecule has 0 saturated heterocycles. The van der Waals surface area contributed by atoms with Crippen molar-refractivity contribution in [3.05, 3.63) is 35.4 Å². The van der Waals surface area contributed by atoms with Gasteiger partial charge in [-0.1, -0.05) is 12.1 Å². The van der Waals surface area contributed by atoms with Gasteiger partial charge in [0.05, 0.1) is 18.2 Å². The summed E-state index contributed by atoms with van der Waals surface area (Å²) in [7, 11) is 1.70. The van der Waals surface area contributed by atoms with Crippen LogP contribution in [0.5, 0.6) is 0 Å². The van der Waals surface area contributed by atoms with Crippen molar-refractivity contribution in [2.45, 2.75) is 25.9 Å². The molecule has 1 N–H and O–H groups in total. The Bertz CT molecular complexity index is 353. The normalized spacial score (nSPS) is 14.1. The highest BCUT2D eigenvalue weighted by Gasteiger charge is 2.08. The SMILES string of the molecule is COCC(C)NC(C)c1ccc(C#N)cc1. The van der Waals surface area contributed by atoms with Gasteiger partial charge in [-0.15, -0.1) is 0 Å². The van der Waals surface area contributed by atoms with Crippen LogP contribution < -0.4 is 5.32 Å². The van der Waals surface area contributed by atoms with Crippen molar-refractivity contribution in [3.8, 4) is 6.07 Å². The Hall–Kier alpha value is -1.37. The molecule has 0 radical (unpaired) electrons. The van der Waals surface area contributed by atoms with Crippen LogP contribution in [0.25, 0.3) is 0 Å². The molecule has 0 amide bonds. The molecule has 0 heterocycles. The molecule has 0 saturated carbocycles. The topological polar surface area (TPSA) is 45.0 Å². The number of nitrogens with one attached hydrogen (secondary N) is 1. The molecule has 0 bridgehead atoms. The molecule has 0 aliphatic rings. The lowest BCUT2D eigenvalue weighted by Gasteiger charge is -2.19. The minimum Gasteiger partial charge on any atom is -0.383 e. The smallest absolute Gasteiger partial charge is 0.0991 e. The summed E-state index contributed by atoms with van der Waals surface area (Å²) < 4.78 is 5.07. The molecular formula is C13H18N2O. The van der Waals surface area contributed by atoms with Gasteiger partial charge in [0.2, 0.25) is 0 Å². The molecule has 1 aromatic rings. The predicted molar refractivity (Wildman–Crippen MR) is 64.0 cm³/mol.